The number of anilines is 3. The molecule has 0 atom stereocenters. The number of hydrogen-bond donors (Lipinski definition) is 2. The van der Waals surface area contributed by atoms with E-state index in [9.17, 15) is 0 Å². The summed E-state index contributed by atoms with van der Waals surface area (Å²) in [6.45, 7) is 1.92. The fraction of sp³-hybridized carbons (Fsp3) is 0.222. The van der Waals surface area contributed by atoms with Crippen LogP contribution in [0.15, 0.2) is 17.0 Å². The second-order valence-corrected chi connectivity index (χ2v) is 4.14. The zero-order valence-electron chi connectivity index (χ0n) is 8.90. The van der Waals surface area contributed by atoms with Crippen molar-refractivity contribution in [3.8, 4) is 0 Å². The molecule has 2 rings (SSSR count). The largest absolute Gasteiger partial charge is 0.383 e. The number of rotatable bonds is 2. The predicted molar refractivity (Wildman–Crippen MR) is 65.4 cm³/mol. The first-order chi connectivity index (χ1) is 7.58. The van der Waals surface area contributed by atoms with Gasteiger partial charge in [0.1, 0.15) is 22.4 Å². The third-order valence-corrected chi connectivity index (χ3v) is 2.86. The van der Waals surface area contributed by atoms with Crippen LogP contribution in [0.25, 0.3) is 0 Å². The van der Waals surface area contributed by atoms with Crippen molar-refractivity contribution in [2.45, 2.75) is 6.92 Å². The summed E-state index contributed by atoms with van der Waals surface area (Å²) in [6.07, 6.45) is 3.29. The SMILES string of the molecule is Cc1nn(C)cc1Nc1ncnc(N)c1Br. The number of nitrogen functional groups attached to an aromatic ring is 1. The summed E-state index contributed by atoms with van der Waals surface area (Å²) in [6, 6.07) is 0. The highest BCUT2D eigenvalue weighted by Crippen LogP contribution is 2.27. The first-order valence-corrected chi connectivity index (χ1v) is 5.40. The van der Waals surface area contributed by atoms with Crippen molar-refractivity contribution in [1.29, 1.82) is 0 Å². The van der Waals surface area contributed by atoms with Crippen molar-refractivity contribution < 1.29 is 0 Å². The van der Waals surface area contributed by atoms with E-state index < -0.39 is 0 Å². The average Bonchev–Trinajstić information content (AvgIpc) is 2.53. The Labute approximate surface area is 101 Å². The molecule has 0 amide bonds. The zero-order chi connectivity index (χ0) is 11.7. The van der Waals surface area contributed by atoms with Gasteiger partial charge in [-0.05, 0) is 22.9 Å². The maximum Gasteiger partial charge on any atom is 0.150 e. The van der Waals surface area contributed by atoms with E-state index >= 15 is 0 Å². The van der Waals surface area contributed by atoms with Crippen LogP contribution in [0.4, 0.5) is 17.3 Å². The van der Waals surface area contributed by atoms with Gasteiger partial charge in [-0.2, -0.15) is 5.10 Å². The van der Waals surface area contributed by atoms with Gasteiger partial charge in [0.05, 0.1) is 11.4 Å². The molecule has 7 heteroatoms. The zero-order valence-corrected chi connectivity index (χ0v) is 10.5. The van der Waals surface area contributed by atoms with Crippen molar-refractivity contribution >= 4 is 33.3 Å². The highest BCUT2D eigenvalue weighted by Gasteiger charge is 2.09. The Morgan fingerprint density at radius 1 is 1.44 bits per heavy atom. The lowest BCUT2D eigenvalue weighted by atomic mass is 10.4. The van der Waals surface area contributed by atoms with E-state index in [-0.39, 0.29) is 0 Å². The Hall–Kier alpha value is -1.63. The van der Waals surface area contributed by atoms with Gasteiger partial charge in [0.25, 0.3) is 0 Å². The average molecular weight is 283 g/mol. The van der Waals surface area contributed by atoms with Gasteiger partial charge in [-0.1, -0.05) is 0 Å². The molecule has 16 heavy (non-hydrogen) atoms. The van der Waals surface area contributed by atoms with E-state index in [1.807, 2.05) is 20.2 Å². The van der Waals surface area contributed by atoms with Crippen molar-refractivity contribution in [2.75, 3.05) is 11.1 Å². The summed E-state index contributed by atoms with van der Waals surface area (Å²) < 4.78 is 2.38. The summed E-state index contributed by atoms with van der Waals surface area (Å²) in [4.78, 5) is 7.97. The molecule has 0 aliphatic heterocycles. The monoisotopic (exact) mass is 282 g/mol. The maximum atomic E-state index is 5.66. The van der Waals surface area contributed by atoms with Gasteiger partial charge >= 0.3 is 0 Å². The highest BCUT2D eigenvalue weighted by molar-refractivity contribution is 9.10. The Balaban J connectivity index is 2.34. The van der Waals surface area contributed by atoms with Gasteiger partial charge in [0.15, 0.2) is 0 Å². The molecule has 0 bridgehead atoms. The van der Waals surface area contributed by atoms with Gasteiger partial charge in [-0.3, -0.25) is 4.68 Å². The molecule has 3 N–H and O–H groups in total. The summed E-state index contributed by atoms with van der Waals surface area (Å²) in [5.41, 5.74) is 7.44. The molecule has 0 fully saturated rings. The van der Waals surface area contributed by atoms with Crippen molar-refractivity contribution in [2.24, 2.45) is 7.05 Å². The van der Waals surface area contributed by atoms with Crippen LogP contribution in [0.1, 0.15) is 5.69 Å². The molecule has 0 spiro atoms. The standard InChI is InChI=1S/C9H11BrN6/c1-5-6(3-16(2)15-5)14-9-7(10)8(11)12-4-13-9/h3-4H,1-2H3,(H3,11,12,13,14). The lowest BCUT2D eigenvalue weighted by Gasteiger charge is -2.06. The maximum absolute atomic E-state index is 5.66. The van der Waals surface area contributed by atoms with Gasteiger partial charge in [-0.15, -0.1) is 0 Å². The smallest absolute Gasteiger partial charge is 0.150 e. The molecule has 0 aliphatic carbocycles. The van der Waals surface area contributed by atoms with Gasteiger partial charge in [0.2, 0.25) is 0 Å². The van der Waals surface area contributed by atoms with Crippen LogP contribution in [0.3, 0.4) is 0 Å². The topological polar surface area (TPSA) is 81.7 Å². The normalized spacial score (nSPS) is 10.4. The number of nitrogens with one attached hydrogen (secondary N) is 1. The second kappa shape index (κ2) is 4.09. The van der Waals surface area contributed by atoms with Crippen molar-refractivity contribution in [3.63, 3.8) is 0 Å². The third kappa shape index (κ3) is 1.99. The Bertz CT molecular complexity index is 521. The van der Waals surface area contributed by atoms with Crippen LogP contribution in [-0.2, 0) is 7.05 Å². The molecule has 84 valence electrons. The van der Waals surface area contributed by atoms with Crippen molar-refractivity contribution in [3.05, 3.63) is 22.7 Å². The molecule has 2 aromatic rings. The first-order valence-electron chi connectivity index (χ1n) is 4.61. The minimum Gasteiger partial charge on any atom is -0.383 e. The van der Waals surface area contributed by atoms with Gasteiger partial charge < -0.3 is 11.1 Å². The number of nitrogens with two attached hydrogens (primary N) is 1. The third-order valence-electron chi connectivity index (χ3n) is 2.08. The molecule has 0 saturated heterocycles. The molecule has 2 aromatic heterocycles. The quantitative estimate of drug-likeness (QED) is 0.875. The van der Waals surface area contributed by atoms with Crippen LogP contribution in [-0.4, -0.2) is 19.7 Å². The molecule has 0 radical (unpaired) electrons. The van der Waals surface area contributed by atoms with E-state index in [1.165, 1.54) is 6.33 Å². The van der Waals surface area contributed by atoms with Crippen LogP contribution < -0.4 is 11.1 Å². The fourth-order valence-corrected chi connectivity index (χ4v) is 1.62. The lowest BCUT2D eigenvalue weighted by molar-refractivity contribution is 0.756. The number of aryl methyl sites for hydroxylation is 2. The molecular formula is C9H11BrN6. The van der Waals surface area contributed by atoms with E-state index in [2.05, 4.69) is 36.3 Å². The Morgan fingerprint density at radius 2 is 2.19 bits per heavy atom. The predicted octanol–water partition coefficient (Wildman–Crippen LogP) is 1.61. The molecule has 0 unspecified atom stereocenters. The highest BCUT2D eigenvalue weighted by atomic mass is 79.9. The second-order valence-electron chi connectivity index (χ2n) is 3.35. The minimum atomic E-state index is 0.402. The van der Waals surface area contributed by atoms with Crippen LogP contribution in [0.2, 0.25) is 0 Å². The molecule has 6 nitrogen and oxygen atoms in total. The van der Waals surface area contributed by atoms with Crippen molar-refractivity contribution in [1.82, 2.24) is 19.7 Å². The van der Waals surface area contributed by atoms with Crippen LogP contribution in [0, 0.1) is 6.92 Å². The Kier molecular flexibility index (Phi) is 2.78. The molecular weight excluding hydrogens is 272 g/mol. The summed E-state index contributed by atoms with van der Waals surface area (Å²) in [5.74, 6) is 1.03. The lowest BCUT2D eigenvalue weighted by Crippen LogP contribution is -2.00. The summed E-state index contributed by atoms with van der Waals surface area (Å²) in [5, 5.41) is 7.36. The van der Waals surface area contributed by atoms with E-state index in [4.69, 9.17) is 5.73 Å². The van der Waals surface area contributed by atoms with E-state index in [0.717, 1.165) is 11.4 Å². The van der Waals surface area contributed by atoms with Gasteiger partial charge in [-0.25, -0.2) is 9.97 Å². The first kappa shape index (κ1) is 10.9. The minimum absolute atomic E-state index is 0.402. The Morgan fingerprint density at radius 3 is 2.81 bits per heavy atom. The van der Waals surface area contributed by atoms with Crippen LogP contribution in [0.5, 0.6) is 0 Å². The van der Waals surface area contributed by atoms with E-state index in [1.54, 1.807) is 4.68 Å². The van der Waals surface area contributed by atoms with E-state index in [0.29, 0.717) is 16.1 Å². The van der Waals surface area contributed by atoms with Gasteiger partial charge in [0, 0.05) is 13.2 Å². The molecule has 0 aromatic carbocycles. The molecule has 0 aliphatic rings. The number of halogens is 1. The molecule has 2 heterocycles. The van der Waals surface area contributed by atoms with Crippen LogP contribution >= 0.6 is 15.9 Å². The summed E-state index contributed by atoms with van der Waals surface area (Å²) >= 11 is 3.33. The summed E-state index contributed by atoms with van der Waals surface area (Å²) in [7, 11) is 1.86. The fourth-order valence-electron chi connectivity index (χ4n) is 1.32. The number of aromatic nitrogens is 4. The molecule has 0 saturated carbocycles. The number of hydrogen-bond acceptors (Lipinski definition) is 5. The number of nitrogens with zero attached hydrogens (tertiary/aromatic N) is 4.